The molecule has 0 atom stereocenters. The number of benzene rings is 2. The zero-order valence-corrected chi connectivity index (χ0v) is 13.9. The highest BCUT2D eigenvalue weighted by molar-refractivity contribution is 7.92. The van der Waals surface area contributed by atoms with Gasteiger partial charge in [0.25, 0.3) is 10.0 Å². The Morgan fingerprint density at radius 1 is 1.13 bits per heavy atom. The Bertz CT molecular complexity index is 811. The van der Waals surface area contributed by atoms with Crippen LogP contribution in [0.4, 0.5) is 5.69 Å². The molecule has 23 heavy (non-hydrogen) atoms. The molecule has 2 N–H and O–H groups in total. The van der Waals surface area contributed by atoms with E-state index in [2.05, 4.69) is 11.6 Å². The first-order valence-corrected chi connectivity index (χ1v) is 8.78. The highest BCUT2D eigenvalue weighted by Gasteiger charge is 2.19. The molecular weight excluding hydrogens is 314 g/mol. The van der Waals surface area contributed by atoms with Crippen LogP contribution in [-0.4, -0.2) is 19.5 Å². The van der Waals surface area contributed by atoms with Gasteiger partial charge in [0.2, 0.25) is 0 Å². The number of carboxylic acid groups (broad SMARTS) is 1. The molecule has 0 saturated carbocycles. The average molecular weight is 333 g/mol. The Morgan fingerprint density at radius 3 is 2.35 bits per heavy atom. The van der Waals surface area contributed by atoms with Crippen LogP contribution in [0.25, 0.3) is 0 Å². The Morgan fingerprint density at radius 2 is 1.78 bits per heavy atom. The van der Waals surface area contributed by atoms with Gasteiger partial charge in [-0.25, -0.2) is 13.2 Å². The maximum atomic E-state index is 12.5. The van der Waals surface area contributed by atoms with Gasteiger partial charge in [0.1, 0.15) is 0 Å². The molecule has 0 saturated heterocycles. The number of carbonyl (C=O) groups is 1. The van der Waals surface area contributed by atoms with Gasteiger partial charge in [-0.2, -0.15) is 0 Å². The van der Waals surface area contributed by atoms with E-state index in [1.54, 1.807) is 31.2 Å². The van der Waals surface area contributed by atoms with E-state index in [0.717, 1.165) is 18.4 Å². The number of anilines is 1. The fourth-order valence-corrected chi connectivity index (χ4v) is 3.44. The van der Waals surface area contributed by atoms with E-state index in [0.29, 0.717) is 5.56 Å². The molecule has 0 aliphatic heterocycles. The lowest BCUT2D eigenvalue weighted by Gasteiger charge is -2.12. The fourth-order valence-electron chi connectivity index (χ4n) is 2.36. The van der Waals surface area contributed by atoms with Crippen molar-refractivity contribution in [3.8, 4) is 0 Å². The molecule has 0 fully saturated rings. The number of aromatic carboxylic acids is 1. The van der Waals surface area contributed by atoms with Gasteiger partial charge in [0.05, 0.1) is 16.1 Å². The lowest BCUT2D eigenvalue weighted by atomic mass is 10.1. The summed E-state index contributed by atoms with van der Waals surface area (Å²) in [6.07, 6.45) is 1.87. The third-order valence-electron chi connectivity index (χ3n) is 3.50. The highest BCUT2D eigenvalue weighted by atomic mass is 32.2. The summed E-state index contributed by atoms with van der Waals surface area (Å²) in [7, 11) is -3.83. The smallest absolute Gasteiger partial charge is 0.338 e. The summed E-state index contributed by atoms with van der Waals surface area (Å²) in [6, 6.07) is 11.3. The van der Waals surface area contributed by atoms with Gasteiger partial charge in [0, 0.05) is 0 Å². The molecule has 2 aromatic carbocycles. The van der Waals surface area contributed by atoms with Crippen molar-refractivity contribution in [3.63, 3.8) is 0 Å². The van der Waals surface area contributed by atoms with Crippen molar-refractivity contribution >= 4 is 21.7 Å². The minimum atomic E-state index is -3.83. The van der Waals surface area contributed by atoms with Gasteiger partial charge in [-0.15, -0.1) is 0 Å². The number of sulfonamides is 1. The summed E-state index contributed by atoms with van der Waals surface area (Å²) >= 11 is 0. The van der Waals surface area contributed by atoms with Crippen molar-refractivity contribution in [1.82, 2.24) is 0 Å². The fraction of sp³-hybridized carbons (Fsp3) is 0.235. The number of rotatable bonds is 6. The monoisotopic (exact) mass is 333 g/mol. The molecule has 5 nitrogen and oxygen atoms in total. The molecule has 0 aromatic heterocycles. The standard InChI is InChI=1S/C17H19NO4S/c1-3-5-13-8-10-14(11-9-13)23(21,22)18-15-7-4-6-12(2)16(15)17(19)20/h4,6-11,18H,3,5H2,1-2H3,(H,19,20). The van der Waals surface area contributed by atoms with Crippen molar-refractivity contribution in [3.05, 3.63) is 59.2 Å². The van der Waals surface area contributed by atoms with Crippen molar-refractivity contribution in [2.75, 3.05) is 4.72 Å². The summed E-state index contributed by atoms with van der Waals surface area (Å²) < 4.78 is 27.3. The van der Waals surface area contributed by atoms with E-state index in [1.165, 1.54) is 18.2 Å². The zero-order valence-electron chi connectivity index (χ0n) is 13.0. The normalized spacial score (nSPS) is 11.2. The number of carboxylic acids is 1. The quantitative estimate of drug-likeness (QED) is 0.848. The van der Waals surface area contributed by atoms with Crippen LogP contribution in [-0.2, 0) is 16.4 Å². The van der Waals surface area contributed by atoms with E-state index in [-0.39, 0.29) is 16.1 Å². The molecule has 0 unspecified atom stereocenters. The summed E-state index contributed by atoms with van der Waals surface area (Å²) in [4.78, 5) is 11.5. The Labute approximate surface area is 136 Å². The zero-order chi connectivity index (χ0) is 17.0. The largest absolute Gasteiger partial charge is 0.478 e. The molecule has 0 aliphatic rings. The second-order valence-electron chi connectivity index (χ2n) is 5.30. The molecule has 0 bridgehead atoms. The first-order chi connectivity index (χ1) is 10.8. The third-order valence-corrected chi connectivity index (χ3v) is 4.88. The van der Waals surface area contributed by atoms with Gasteiger partial charge >= 0.3 is 5.97 Å². The third kappa shape index (κ3) is 3.90. The molecule has 0 radical (unpaired) electrons. The molecule has 0 aliphatic carbocycles. The van der Waals surface area contributed by atoms with Gasteiger partial charge in [-0.3, -0.25) is 4.72 Å². The summed E-state index contributed by atoms with van der Waals surface area (Å²) in [5.74, 6) is -1.17. The maximum absolute atomic E-state index is 12.5. The second-order valence-corrected chi connectivity index (χ2v) is 6.98. The Kier molecular flexibility index (Phi) is 5.05. The first kappa shape index (κ1) is 17.0. The maximum Gasteiger partial charge on any atom is 0.338 e. The van der Waals surface area contributed by atoms with Crippen LogP contribution >= 0.6 is 0 Å². The van der Waals surface area contributed by atoms with Gasteiger partial charge < -0.3 is 5.11 Å². The molecule has 6 heteroatoms. The lowest BCUT2D eigenvalue weighted by Crippen LogP contribution is -2.16. The van der Waals surface area contributed by atoms with E-state index in [4.69, 9.17) is 0 Å². The topological polar surface area (TPSA) is 83.5 Å². The number of aryl methyl sites for hydroxylation is 2. The van der Waals surface area contributed by atoms with Crippen molar-refractivity contribution < 1.29 is 18.3 Å². The average Bonchev–Trinajstić information content (AvgIpc) is 2.47. The highest BCUT2D eigenvalue weighted by Crippen LogP contribution is 2.23. The van der Waals surface area contributed by atoms with Crippen molar-refractivity contribution in [2.24, 2.45) is 0 Å². The molecule has 2 rings (SSSR count). The Balaban J connectivity index is 2.35. The van der Waals surface area contributed by atoms with Gasteiger partial charge in [-0.05, 0) is 42.7 Å². The predicted octanol–water partition coefficient (Wildman–Crippen LogP) is 3.45. The summed E-state index contributed by atoms with van der Waals surface area (Å²) in [6.45, 7) is 3.68. The van der Waals surface area contributed by atoms with Crippen LogP contribution in [0.15, 0.2) is 47.4 Å². The van der Waals surface area contributed by atoms with E-state index < -0.39 is 16.0 Å². The van der Waals surface area contributed by atoms with Gasteiger partial charge in [-0.1, -0.05) is 37.6 Å². The molecule has 0 spiro atoms. The SMILES string of the molecule is CCCc1ccc(S(=O)(=O)Nc2cccc(C)c2C(=O)O)cc1. The van der Waals surface area contributed by atoms with Crippen molar-refractivity contribution in [2.45, 2.75) is 31.6 Å². The molecule has 0 amide bonds. The second kappa shape index (κ2) is 6.83. The molecule has 2 aromatic rings. The first-order valence-electron chi connectivity index (χ1n) is 7.30. The summed E-state index contributed by atoms with van der Waals surface area (Å²) in [5.41, 5.74) is 1.58. The predicted molar refractivity (Wildman–Crippen MR) is 89.4 cm³/mol. The van der Waals surface area contributed by atoms with Crippen LogP contribution in [0.1, 0.15) is 34.8 Å². The van der Waals surface area contributed by atoms with Crippen LogP contribution in [0.5, 0.6) is 0 Å². The Hall–Kier alpha value is -2.34. The van der Waals surface area contributed by atoms with Crippen molar-refractivity contribution in [1.29, 1.82) is 0 Å². The number of hydrogen-bond donors (Lipinski definition) is 2. The minimum Gasteiger partial charge on any atom is -0.478 e. The summed E-state index contributed by atoms with van der Waals surface area (Å²) in [5, 5.41) is 9.27. The molecule has 0 heterocycles. The molecular formula is C17H19NO4S. The van der Waals surface area contributed by atoms with Crippen LogP contribution in [0.2, 0.25) is 0 Å². The minimum absolute atomic E-state index is 0.0429. The van der Waals surface area contributed by atoms with Crippen LogP contribution in [0.3, 0.4) is 0 Å². The number of nitrogens with one attached hydrogen (secondary N) is 1. The lowest BCUT2D eigenvalue weighted by molar-refractivity contribution is 0.0697. The van der Waals surface area contributed by atoms with Crippen LogP contribution in [0, 0.1) is 6.92 Å². The number of hydrogen-bond acceptors (Lipinski definition) is 3. The van der Waals surface area contributed by atoms with E-state index in [9.17, 15) is 18.3 Å². The van der Waals surface area contributed by atoms with E-state index >= 15 is 0 Å². The van der Waals surface area contributed by atoms with Gasteiger partial charge in [0.15, 0.2) is 0 Å². The van der Waals surface area contributed by atoms with Crippen LogP contribution < -0.4 is 4.72 Å². The van der Waals surface area contributed by atoms with E-state index in [1.807, 2.05) is 0 Å². The molecule has 122 valence electrons.